The van der Waals surface area contributed by atoms with E-state index in [1.165, 1.54) is 26.4 Å². The maximum Gasteiger partial charge on any atom is 0.340 e. The van der Waals surface area contributed by atoms with Crippen molar-refractivity contribution in [1.82, 2.24) is 0 Å². The van der Waals surface area contributed by atoms with E-state index in [0.29, 0.717) is 5.56 Å². The molecule has 0 atom stereocenters. The minimum Gasteiger partial charge on any atom is -0.495 e. The molecule has 0 aliphatic carbocycles. The highest BCUT2D eigenvalue weighted by Crippen LogP contribution is 2.29. The maximum atomic E-state index is 12.8. The molecular formula is C17H19NO5S. The molecule has 0 spiro atoms. The van der Waals surface area contributed by atoms with E-state index in [9.17, 15) is 13.2 Å². The first-order valence-electron chi connectivity index (χ1n) is 7.15. The van der Waals surface area contributed by atoms with E-state index in [-0.39, 0.29) is 21.9 Å². The molecule has 2 aromatic carbocycles. The lowest BCUT2D eigenvalue weighted by molar-refractivity contribution is 0.0601. The number of methoxy groups -OCH3 is 2. The Morgan fingerprint density at radius 2 is 1.79 bits per heavy atom. The van der Waals surface area contributed by atoms with E-state index in [1.807, 2.05) is 0 Å². The van der Waals surface area contributed by atoms with Crippen LogP contribution in [-0.4, -0.2) is 28.6 Å². The Bertz CT molecular complexity index is 875. The third-order valence-corrected chi connectivity index (χ3v) is 4.90. The summed E-state index contributed by atoms with van der Waals surface area (Å²) in [6, 6.07) is 9.73. The molecule has 0 aromatic heterocycles. The zero-order valence-corrected chi connectivity index (χ0v) is 14.7. The lowest BCUT2D eigenvalue weighted by Gasteiger charge is -2.15. The Kier molecular flexibility index (Phi) is 5.14. The number of carbonyl (C=O) groups is 1. The predicted molar refractivity (Wildman–Crippen MR) is 91.1 cm³/mol. The van der Waals surface area contributed by atoms with Gasteiger partial charge in [-0.25, -0.2) is 13.2 Å². The highest BCUT2D eigenvalue weighted by atomic mass is 32.2. The number of hydrogen-bond acceptors (Lipinski definition) is 5. The average Bonchev–Trinajstić information content (AvgIpc) is 2.54. The molecule has 0 saturated carbocycles. The summed E-state index contributed by atoms with van der Waals surface area (Å²) in [4.78, 5) is 12.0. The van der Waals surface area contributed by atoms with Gasteiger partial charge in [0.1, 0.15) is 10.6 Å². The van der Waals surface area contributed by atoms with Gasteiger partial charge in [0.05, 0.1) is 25.5 Å². The van der Waals surface area contributed by atoms with Gasteiger partial charge in [0.2, 0.25) is 0 Å². The van der Waals surface area contributed by atoms with Crippen molar-refractivity contribution in [3.8, 4) is 5.75 Å². The van der Waals surface area contributed by atoms with Crippen molar-refractivity contribution in [3.63, 3.8) is 0 Å². The third kappa shape index (κ3) is 3.51. The molecule has 0 unspecified atom stereocenters. The van der Waals surface area contributed by atoms with Crippen LogP contribution in [0.4, 0.5) is 5.69 Å². The molecule has 0 radical (unpaired) electrons. The summed E-state index contributed by atoms with van der Waals surface area (Å²) in [5, 5.41) is 0. The summed E-state index contributed by atoms with van der Waals surface area (Å²) < 4.78 is 37.9. The van der Waals surface area contributed by atoms with Gasteiger partial charge in [0.15, 0.2) is 0 Å². The molecule has 2 aromatic rings. The number of rotatable bonds is 5. The SMILES string of the molecule is COC(=O)c1c(C)cccc1NS(=O)(=O)c1cc(C)ccc1OC. The number of anilines is 1. The Hall–Kier alpha value is -2.54. The Morgan fingerprint density at radius 3 is 2.42 bits per heavy atom. The highest BCUT2D eigenvalue weighted by Gasteiger charge is 2.23. The second-order valence-corrected chi connectivity index (χ2v) is 6.90. The van der Waals surface area contributed by atoms with Gasteiger partial charge in [0, 0.05) is 0 Å². The van der Waals surface area contributed by atoms with Crippen molar-refractivity contribution >= 4 is 21.7 Å². The van der Waals surface area contributed by atoms with Crippen molar-refractivity contribution in [2.24, 2.45) is 0 Å². The van der Waals surface area contributed by atoms with Crippen molar-refractivity contribution < 1.29 is 22.7 Å². The first-order chi connectivity index (χ1) is 11.3. The standard InChI is InChI=1S/C17H19NO5S/c1-11-8-9-14(22-3)15(10-11)24(20,21)18-13-7-5-6-12(2)16(13)17(19)23-4/h5-10,18H,1-4H3. The summed E-state index contributed by atoms with van der Waals surface area (Å²) in [7, 11) is -1.30. The first-order valence-corrected chi connectivity index (χ1v) is 8.64. The van der Waals surface area contributed by atoms with Gasteiger partial charge in [-0.1, -0.05) is 18.2 Å². The topological polar surface area (TPSA) is 81.7 Å². The van der Waals surface area contributed by atoms with Gasteiger partial charge in [-0.2, -0.15) is 0 Å². The number of benzene rings is 2. The van der Waals surface area contributed by atoms with E-state index in [4.69, 9.17) is 9.47 Å². The van der Waals surface area contributed by atoms with Gasteiger partial charge in [-0.3, -0.25) is 4.72 Å². The zero-order valence-electron chi connectivity index (χ0n) is 13.9. The maximum absolute atomic E-state index is 12.8. The number of aryl methyl sites for hydroxylation is 2. The number of carbonyl (C=O) groups excluding carboxylic acids is 1. The van der Waals surface area contributed by atoms with Crippen LogP contribution in [0.3, 0.4) is 0 Å². The molecule has 0 bridgehead atoms. The van der Waals surface area contributed by atoms with Crippen molar-refractivity contribution in [2.75, 3.05) is 18.9 Å². The quantitative estimate of drug-likeness (QED) is 0.840. The van der Waals surface area contributed by atoms with E-state index in [1.54, 1.807) is 38.1 Å². The summed E-state index contributed by atoms with van der Waals surface area (Å²) in [6.45, 7) is 3.49. The number of hydrogen-bond donors (Lipinski definition) is 1. The molecule has 0 aliphatic heterocycles. The van der Waals surface area contributed by atoms with Crippen LogP contribution < -0.4 is 9.46 Å². The van der Waals surface area contributed by atoms with E-state index in [0.717, 1.165) is 5.56 Å². The molecule has 1 N–H and O–H groups in total. The number of esters is 1. The second kappa shape index (κ2) is 6.92. The van der Waals surface area contributed by atoms with Crippen LogP contribution >= 0.6 is 0 Å². The second-order valence-electron chi connectivity index (χ2n) is 5.25. The van der Waals surface area contributed by atoms with Crippen LogP contribution in [0.1, 0.15) is 21.5 Å². The molecule has 0 heterocycles. The third-order valence-electron chi connectivity index (χ3n) is 3.52. The van der Waals surface area contributed by atoms with Crippen LogP contribution in [0.2, 0.25) is 0 Å². The van der Waals surface area contributed by atoms with Gasteiger partial charge in [-0.05, 0) is 43.2 Å². The first kappa shape index (κ1) is 17.8. The molecule has 0 aliphatic rings. The van der Waals surface area contributed by atoms with E-state index >= 15 is 0 Å². The van der Waals surface area contributed by atoms with Crippen LogP contribution in [-0.2, 0) is 14.8 Å². The molecule has 0 fully saturated rings. The molecule has 128 valence electrons. The fourth-order valence-corrected chi connectivity index (χ4v) is 3.65. The molecule has 0 saturated heterocycles. The van der Waals surface area contributed by atoms with Crippen molar-refractivity contribution in [3.05, 3.63) is 53.1 Å². The predicted octanol–water partition coefficient (Wildman–Crippen LogP) is 2.90. The van der Waals surface area contributed by atoms with Crippen LogP contribution in [0.25, 0.3) is 0 Å². The zero-order chi connectivity index (χ0) is 17.9. The van der Waals surface area contributed by atoms with Gasteiger partial charge in [-0.15, -0.1) is 0 Å². The van der Waals surface area contributed by atoms with Crippen molar-refractivity contribution in [2.45, 2.75) is 18.7 Å². The van der Waals surface area contributed by atoms with Crippen LogP contribution in [0.15, 0.2) is 41.3 Å². The fraction of sp³-hybridized carbons (Fsp3) is 0.235. The Morgan fingerprint density at radius 1 is 1.08 bits per heavy atom. The monoisotopic (exact) mass is 349 g/mol. The van der Waals surface area contributed by atoms with Crippen LogP contribution in [0, 0.1) is 13.8 Å². The summed E-state index contributed by atoms with van der Waals surface area (Å²) >= 11 is 0. The molecular weight excluding hydrogens is 330 g/mol. The lowest BCUT2D eigenvalue weighted by Crippen LogP contribution is -2.17. The minimum absolute atomic E-state index is 0.00215. The molecule has 24 heavy (non-hydrogen) atoms. The van der Waals surface area contributed by atoms with Crippen LogP contribution in [0.5, 0.6) is 5.75 Å². The average molecular weight is 349 g/mol. The summed E-state index contributed by atoms with van der Waals surface area (Å²) in [5.41, 5.74) is 1.72. The molecule has 6 nitrogen and oxygen atoms in total. The summed E-state index contributed by atoms with van der Waals surface area (Å²) in [5.74, 6) is -0.387. The smallest absolute Gasteiger partial charge is 0.340 e. The van der Waals surface area contributed by atoms with Gasteiger partial charge < -0.3 is 9.47 Å². The van der Waals surface area contributed by atoms with E-state index < -0.39 is 16.0 Å². The molecule has 2 rings (SSSR count). The fourth-order valence-electron chi connectivity index (χ4n) is 2.32. The van der Waals surface area contributed by atoms with E-state index in [2.05, 4.69) is 4.72 Å². The molecule has 0 amide bonds. The summed E-state index contributed by atoms with van der Waals surface area (Å²) in [6.07, 6.45) is 0. The molecule has 7 heteroatoms. The Labute approximate surface area is 141 Å². The number of nitrogens with one attached hydrogen (secondary N) is 1. The highest BCUT2D eigenvalue weighted by molar-refractivity contribution is 7.92. The minimum atomic E-state index is -3.94. The normalized spacial score (nSPS) is 11.0. The lowest BCUT2D eigenvalue weighted by atomic mass is 10.1. The van der Waals surface area contributed by atoms with Gasteiger partial charge in [0.25, 0.3) is 10.0 Å². The Balaban J connectivity index is 2.54. The largest absolute Gasteiger partial charge is 0.495 e. The van der Waals surface area contributed by atoms with Crippen molar-refractivity contribution in [1.29, 1.82) is 0 Å². The van der Waals surface area contributed by atoms with Gasteiger partial charge >= 0.3 is 5.97 Å². The number of ether oxygens (including phenoxy) is 2. The number of sulfonamides is 1.